The Morgan fingerprint density at radius 3 is 2.33 bits per heavy atom. The van der Waals surface area contributed by atoms with Crippen molar-refractivity contribution < 1.29 is 14.3 Å². The number of hydrogen-bond acceptors (Lipinski definition) is 7. The lowest BCUT2D eigenvalue weighted by atomic mass is 10.0. The summed E-state index contributed by atoms with van der Waals surface area (Å²) < 4.78 is 5.62. The number of nitrogens with zero attached hydrogens (tertiary/aromatic N) is 2. The molecule has 4 N–H and O–H groups in total. The molecular formula is C33H35ClN6O3. The Morgan fingerprint density at radius 1 is 0.907 bits per heavy atom. The normalized spacial score (nSPS) is 18.2. The fourth-order valence-corrected chi connectivity index (χ4v) is 6.07. The molecule has 0 saturated carbocycles. The Morgan fingerprint density at radius 2 is 1.63 bits per heavy atom. The SMILES string of the molecule is COc1nc(-c2cccc(-c3cnc4cc(CNC[C@@H]5CCC(=O)N5)ccc4c3)c2Cl)ccc1CNC[C@@H]1CCC(=O)N1. The Labute approximate surface area is 255 Å². The largest absolute Gasteiger partial charge is 0.481 e. The Kier molecular flexibility index (Phi) is 8.83. The van der Waals surface area contributed by atoms with Gasteiger partial charge in [0.15, 0.2) is 0 Å². The number of carbonyl (C=O) groups excluding carboxylic acids is 2. The molecule has 6 rings (SSSR count). The van der Waals surface area contributed by atoms with Crippen LogP contribution < -0.4 is 26.0 Å². The van der Waals surface area contributed by atoms with Crippen molar-refractivity contribution in [1.29, 1.82) is 0 Å². The van der Waals surface area contributed by atoms with Gasteiger partial charge in [0.25, 0.3) is 0 Å². The molecule has 2 aliphatic rings. The zero-order chi connectivity index (χ0) is 29.8. The average molecular weight is 599 g/mol. The molecule has 2 aromatic carbocycles. The van der Waals surface area contributed by atoms with Crippen LogP contribution in [0.5, 0.6) is 5.88 Å². The van der Waals surface area contributed by atoms with Crippen molar-refractivity contribution in [2.45, 2.75) is 50.9 Å². The van der Waals surface area contributed by atoms with E-state index in [1.165, 1.54) is 0 Å². The summed E-state index contributed by atoms with van der Waals surface area (Å²) in [6.07, 6.45) is 4.79. The number of benzene rings is 2. The number of rotatable bonds is 11. The van der Waals surface area contributed by atoms with E-state index in [9.17, 15) is 9.59 Å². The lowest BCUT2D eigenvalue weighted by Crippen LogP contribution is -2.35. The fraction of sp³-hybridized carbons (Fsp3) is 0.333. The highest BCUT2D eigenvalue weighted by Gasteiger charge is 2.21. The number of halogens is 1. The molecule has 9 nitrogen and oxygen atoms in total. The van der Waals surface area contributed by atoms with E-state index >= 15 is 0 Å². The first-order valence-electron chi connectivity index (χ1n) is 14.7. The van der Waals surface area contributed by atoms with Crippen LogP contribution in [0, 0.1) is 0 Å². The molecule has 0 bridgehead atoms. The van der Waals surface area contributed by atoms with E-state index in [0.29, 0.717) is 43.4 Å². The summed E-state index contributed by atoms with van der Waals surface area (Å²) in [7, 11) is 1.61. The van der Waals surface area contributed by atoms with Crippen LogP contribution in [0.15, 0.2) is 60.8 Å². The van der Waals surface area contributed by atoms with Gasteiger partial charge in [0.2, 0.25) is 17.7 Å². The van der Waals surface area contributed by atoms with E-state index in [4.69, 9.17) is 26.3 Å². The predicted octanol–water partition coefficient (Wildman–Crippen LogP) is 4.36. The maximum absolute atomic E-state index is 11.5. The predicted molar refractivity (Wildman–Crippen MR) is 168 cm³/mol. The molecule has 0 aliphatic carbocycles. The summed E-state index contributed by atoms with van der Waals surface area (Å²) in [5.41, 5.74) is 6.32. The summed E-state index contributed by atoms with van der Waals surface area (Å²) in [5.74, 6) is 0.779. The van der Waals surface area contributed by atoms with Crippen molar-refractivity contribution in [3.63, 3.8) is 0 Å². The minimum atomic E-state index is 0.111. The third-order valence-corrected chi connectivity index (χ3v) is 8.47. The lowest BCUT2D eigenvalue weighted by molar-refractivity contribution is -0.120. The third-order valence-electron chi connectivity index (χ3n) is 8.06. The van der Waals surface area contributed by atoms with E-state index in [1.807, 2.05) is 36.5 Å². The van der Waals surface area contributed by atoms with Crippen molar-refractivity contribution in [2.75, 3.05) is 20.2 Å². The molecule has 10 heteroatoms. The second-order valence-electron chi connectivity index (χ2n) is 11.2. The molecule has 0 unspecified atom stereocenters. The van der Waals surface area contributed by atoms with Crippen LogP contribution in [0.1, 0.15) is 36.8 Å². The van der Waals surface area contributed by atoms with Gasteiger partial charge in [-0.15, -0.1) is 0 Å². The van der Waals surface area contributed by atoms with Crippen LogP contribution in [0.2, 0.25) is 5.02 Å². The molecule has 2 fully saturated rings. The summed E-state index contributed by atoms with van der Waals surface area (Å²) in [4.78, 5) is 32.4. The fourth-order valence-electron chi connectivity index (χ4n) is 5.74. The average Bonchev–Trinajstić information content (AvgIpc) is 3.64. The van der Waals surface area contributed by atoms with Crippen molar-refractivity contribution >= 4 is 34.3 Å². The molecule has 2 amide bonds. The third kappa shape index (κ3) is 6.80. The van der Waals surface area contributed by atoms with E-state index in [1.54, 1.807) is 7.11 Å². The molecule has 222 valence electrons. The molecule has 2 saturated heterocycles. The lowest BCUT2D eigenvalue weighted by Gasteiger charge is -2.15. The number of carbonyl (C=O) groups is 2. The quantitative estimate of drug-likeness (QED) is 0.203. The molecule has 4 heterocycles. The van der Waals surface area contributed by atoms with Crippen molar-refractivity contribution in [3.05, 3.63) is 76.9 Å². The Bertz CT molecular complexity index is 1660. The Hall–Kier alpha value is -4.05. The van der Waals surface area contributed by atoms with Gasteiger partial charge >= 0.3 is 0 Å². The first-order valence-corrected chi connectivity index (χ1v) is 15.1. The highest BCUT2D eigenvalue weighted by Crippen LogP contribution is 2.37. The minimum Gasteiger partial charge on any atom is -0.481 e. The maximum Gasteiger partial charge on any atom is 0.220 e. The van der Waals surface area contributed by atoms with E-state index in [2.05, 4.69) is 45.5 Å². The van der Waals surface area contributed by atoms with Gasteiger partial charge in [-0.2, -0.15) is 0 Å². The van der Waals surface area contributed by atoms with Gasteiger partial charge in [0.05, 0.1) is 23.3 Å². The molecule has 0 spiro atoms. The summed E-state index contributed by atoms with van der Waals surface area (Å²) in [5, 5.41) is 14.4. The molecule has 2 atom stereocenters. The van der Waals surface area contributed by atoms with E-state index in [0.717, 1.165) is 63.8 Å². The van der Waals surface area contributed by atoms with Gasteiger partial charge in [-0.05, 0) is 36.6 Å². The highest BCUT2D eigenvalue weighted by molar-refractivity contribution is 6.36. The van der Waals surface area contributed by atoms with E-state index < -0.39 is 0 Å². The molecular weight excluding hydrogens is 564 g/mol. The number of aromatic nitrogens is 2. The van der Waals surface area contributed by atoms with Crippen molar-refractivity contribution in [1.82, 2.24) is 31.2 Å². The smallest absolute Gasteiger partial charge is 0.220 e. The second-order valence-corrected chi connectivity index (χ2v) is 11.5. The molecule has 4 aromatic rings. The topological polar surface area (TPSA) is 117 Å². The first kappa shape index (κ1) is 29.0. The molecule has 0 radical (unpaired) electrons. The summed E-state index contributed by atoms with van der Waals surface area (Å²) >= 11 is 6.99. The van der Waals surface area contributed by atoms with Crippen LogP contribution in [-0.4, -0.2) is 54.1 Å². The minimum absolute atomic E-state index is 0.111. The maximum atomic E-state index is 11.5. The number of hydrogen-bond donors (Lipinski definition) is 4. The van der Waals surface area contributed by atoms with Crippen LogP contribution in [-0.2, 0) is 22.7 Å². The van der Waals surface area contributed by atoms with Gasteiger partial charge in [0, 0.05) is 84.9 Å². The number of pyridine rings is 2. The zero-order valence-electron chi connectivity index (χ0n) is 24.1. The number of nitrogens with one attached hydrogen (secondary N) is 4. The molecule has 2 aliphatic heterocycles. The van der Waals surface area contributed by atoms with Crippen molar-refractivity contribution in [2.24, 2.45) is 0 Å². The standard InChI is InChI=1S/C33H35ClN6O3/c1-43-33-22(16-36-19-25-9-12-31(42)39-25)7-10-28(40-33)27-4-2-3-26(32(27)34)23-14-21-6-5-20(13-29(21)37-17-23)15-35-18-24-8-11-30(41)38-24/h2-7,10,13-14,17,24-25,35-36H,8-9,11-12,15-16,18-19H2,1H3,(H,38,41)(H,39,42)/t24-,25-/m0/s1. The van der Waals surface area contributed by atoms with Crippen molar-refractivity contribution in [3.8, 4) is 28.3 Å². The Balaban J connectivity index is 1.15. The van der Waals surface area contributed by atoms with Crippen LogP contribution in [0.3, 0.4) is 0 Å². The highest BCUT2D eigenvalue weighted by atomic mass is 35.5. The van der Waals surface area contributed by atoms with Crippen LogP contribution >= 0.6 is 11.6 Å². The van der Waals surface area contributed by atoms with Crippen LogP contribution in [0.25, 0.3) is 33.3 Å². The van der Waals surface area contributed by atoms with E-state index in [-0.39, 0.29) is 23.9 Å². The van der Waals surface area contributed by atoms with Gasteiger partial charge in [-0.25, -0.2) is 4.98 Å². The van der Waals surface area contributed by atoms with Gasteiger partial charge < -0.3 is 26.0 Å². The molecule has 2 aromatic heterocycles. The summed E-state index contributed by atoms with van der Waals surface area (Å²) in [6.45, 7) is 2.75. The monoisotopic (exact) mass is 598 g/mol. The van der Waals surface area contributed by atoms with Gasteiger partial charge in [-0.1, -0.05) is 48.0 Å². The second kappa shape index (κ2) is 13.1. The molecule has 43 heavy (non-hydrogen) atoms. The first-order chi connectivity index (χ1) is 21.0. The number of fused-ring (bicyclic) bond motifs is 1. The summed E-state index contributed by atoms with van der Waals surface area (Å²) in [6, 6.07) is 18.6. The number of amides is 2. The van der Waals surface area contributed by atoms with Gasteiger partial charge in [0.1, 0.15) is 0 Å². The zero-order valence-corrected chi connectivity index (χ0v) is 24.8. The van der Waals surface area contributed by atoms with Crippen LogP contribution in [0.4, 0.5) is 0 Å². The van der Waals surface area contributed by atoms with Gasteiger partial charge in [-0.3, -0.25) is 14.6 Å². The number of methoxy groups -OCH3 is 1. The number of ether oxygens (including phenoxy) is 1.